The Balaban J connectivity index is 1.82. The first kappa shape index (κ1) is 18.1. The van der Waals surface area contributed by atoms with E-state index in [2.05, 4.69) is 9.97 Å². The number of ether oxygens (including phenoxy) is 1. The minimum atomic E-state index is -1.03. The molecule has 8 heteroatoms. The molecule has 1 fully saturated rings. The van der Waals surface area contributed by atoms with Gasteiger partial charge in [0, 0.05) is 6.42 Å². The van der Waals surface area contributed by atoms with Crippen molar-refractivity contribution in [3.8, 4) is 0 Å². The fourth-order valence-electron chi connectivity index (χ4n) is 3.18. The normalized spacial score (nSPS) is 23.9. The van der Waals surface area contributed by atoms with Crippen LogP contribution in [0.2, 0.25) is 0 Å². The van der Waals surface area contributed by atoms with Crippen LogP contribution in [0.15, 0.2) is 0 Å². The molecular weight excluding hydrogens is 342 g/mol. The molecule has 138 valence electrons. The summed E-state index contributed by atoms with van der Waals surface area (Å²) in [6, 6.07) is -0.947. The molecule has 1 aromatic rings. The summed E-state index contributed by atoms with van der Waals surface area (Å²) >= 11 is 1.89. The van der Waals surface area contributed by atoms with Crippen molar-refractivity contribution in [2.24, 2.45) is 0 Å². The summed E-state index contributed by atoms with van der Waals surface area (Å²) in [5.41, 5.74) is 0.913. The number of hydrogen-bond acceptors (Lipinski definition) is 5. The summed E-state index contributed by atoms with van der Waals surface area (Å²) in [5, 5.41) is 9.88. The lowest BCUT2D eigenvalue weighted by molar-refractivity contribution is -0.143. The molecule has 0 aromatic carbocycles. The zero-order valence-electron chi connectivity index (χ0n) is 14.9. The van der Waals surface area contributed by atoms with Gasteiger partial charge in [0.1, 0.15) is 17.5 Å². The highest BCUT2D eigenvalue weighted by Crippen LogP contribution is 2.38. The van der Waals surface area contributed by atoms with Crippen LogP contribution in [0.4, 0.5) is 4.79 Å². The van der Waals surface area contributed by atoms with E-state index >= 15 is 0 Å². The van der Waals surface area contributed by atoms with Gasteiger partial charge in [-0.3, -0.25) is 4.90 Å². The number of carboxylic acid groups (broad SMARTS) is 1. The van der Waals surface area contributed by atoms with Gasteiger partial charge in [0.05, 0.1) is 23.2 Å². The zero-order valence-corrected chi connectivity index (χ0v) is 15.7. The van der Waals surface area contributed by atoms with Crippen LogP contribution in [-0.2, 0) is 22.5 Å². The molecule has 2 aliphatic rings. The number of nitrogens with one attached hydrogen (secondary N) is 1. The number of nitrogens with zero attached hydrogens (tertiary/aromatic N) is 2. The van der Waals surface area contributed by atoms with Crippen molar-refractivity contribution in [2.75, 3.05) is 5.75 Å². The molecule has 0 spiro atoms. The number of imidazole rings is 1. The van der Waals surface area contributed by atoms with E-state index in [4.69, 9.17) is 4.74 Å². The van der Waals surface area contributed by atoms with Gasteiger partial charge in [-0.25, -0.2) is 14.6 Å². The third-order valence-electron chi connectivity index (χ3n) is 4.37. The largest absolute Gasteiger partial charge is 0.480 e. The standard InChI is InChI=1S/C17H25N3O4S/c1-17(2,3)24-16(23)20-9-11-10(8-12(20)15(21)22)18-14(19-11)13-6-4-5-7-25-13/h12-13H,4-9H2,1-3H3,(H,18,19)(H,21,22)/t12-,13?/m0/s1. The third-order valence-corrected chi connectivity index (χ3v) is 5.76. The molecule has 1 amide bonds. The Morgan fingerprint density at radius 3 is 2.72 bits per heavy atom. The molecule has 3 rings (SSSR count). The number of rotatable bonds is 2. The summed E-state index contributed by atoms with van der Waals surface area (Å²) in [7, 11) is 0. The van der Waals surface area contributed by atoms with Crippen molar-refractivity contribution >= 4 is 23.8 Å². The molecule has 2 N–H and O–H groups in total. The van der Waals surface area contributed by atoms with Crippen LogP contribution in [0.1, 0.15) is 62.5 Å². The maximum Gasteiger partial charge on any atom is 0.411 e. The number of carbonyl (C=O) groups excluding carboxylic acids is 1. The number of hydrogen-bond donors (Lipinski definition) is 2. The summed E-state index contributed by atoms with van der Waals surface area (Å²) in [4.78, 5) is 33.4. The van der Waals surface area contributed by atoms with Crippen molar-refractivity contribution < 1.29 is 19.4 Å². The van der Waals surface area contributed by atoms with E-state index in [1.165, 1.54) is 17.7 Å². The highest BCUT2D eigenvalue weighted by atomic mass is 32.2. The van der Waals surface area contributed by atoms with Gasteiger partial charge in [-0.2, -0.15) is 11.8 Å². The highest BCUT2D eigenvalue weighted by molar-refractivity contribution is 7.99. The molecule has 0 aliphatic carbocycles. The van der Waals surface area contributed by atoms with Gasteiger partial charge in [0.15, 0.2) is 0 Å². The van der Waals surface area contributed by atoms with Crippen LogP contribution in [0.5, 0.6) is 0 Å². The lowest BCUT2D eigenvalue weighted by Gasteiger charge is -2.33. The van der Waals surface area contributed by atoms with Crippen LogP contribution in [0.3, 0.4) is 0 Å². The molecule has 0 saturated carbocycles. The molecule has 1 aromatic heterocycles. The van der Waals surface area contributed by atoms with Crippen LogP contribution >= 0.6 is 11.8 Å². The fourth-order valence-corrected chi connectivity index (χ4v) is 4.44. The molecule has 3 heterocycles. The van der Waals surface area contributed by atoms with Gasteiger partial charge in [-0.15, -0.1) is 0 Å². The molecule has 1 saturated heterocycles. The number of thioether (sulfide) groups is 1. The van der Waals surface area contributed by atoms with Crippen molar-refractivity contribution in [2.45, 2.75) is 69.9 Å². The number of fused-ring (bicyclic) bond motifs is 1. The van der Waals surface area contributed by atoms with E-state index in [9.17, 15) is 14.7 Å². The third kappa shape index (κ3) is 4.11. The van der Waals surface area contributed by atoms with Gasteiger partial charge < -0.3 is 14.8 Å². The highest BCUT2D eigenvalue weighted by Gasteiger charge is 2.39. The van der Waals surface area contributed by atoms with Crippen LogP contribution < -0.4 is 0 Å². The monoisotopic (exact) mass is 367 g/mol. The molecular formula is C17H25N3O4S. The quantitative estimate of drug-likeness (QED) is 0.834. The SMILES string of the molecule is CC(C)(C)OC(=O)N1Cc2[nH]c(C3CCCCS3)nc2C[C@H]1C(=O)O. The van der Waals surface area contributed by atoms with Gasteiger partial charge >= 0.3 is 12.1 Å². The van der Waals surface area contributed by atoms with Crippen molar-refractivity contribution in [3.05, 3.63) is 17.2 Å². The van der Waals surface area contributed by atoms with E-state index in [0.29, 0.717) is 5.25 Å². The Hall–Kier alpha value is -1.70. The first-order chi connectivity index (χ1) is 11.7. The minimum Gasteiger partial charge on any atom is -0.480 e. The second-order valence-electron chi connectivity index (χ2n) is 7.57. The van der Waals surface area contributed by atoms with Crippen molar-refractivity contribution in [1.29, 1.82) is 0 Å². The lowest BCUT2D eigenvalue weighted by atomic mass is 10.0. The average Bonchev–Trinajstić information content (AvgIpc) is 2.95. The number of H-pyrrole nitrogens is 1. The van der Waals surface area contributed by atoms with Crippen LogP contribution in [0.25, 0.3) is 0 Å². The van der Waals surface area contributed by atoms with E-state index in [1.54, 1.807) is 20.8 Å². The van der Waals surface area contributed by atoms with Gasteiger partial charge in [-0.05, 0) is 39.4 Å². The minimum absolute atomic E-state index is 0.186. The van der Waals surface area contributed by atoms with Gasteiger partial charge in [-0.1, -0.05) is 6.42 Å². The molecule has 1 unspecified atom stereocenters. The Kier molecular flexibility index (Phi) is 4.99. The second-order valence-corrected chi connectivity index (χ2v) is 8.88. The first-order valence-electron chi connectivity index (χ1n) is 8.66. The number of carbonyl (C=O) groups is 2. The number of carboxylic acids is 1. The summed E-state index contributed by atoms with van der Waals surface area (Å²) in [5.74, 6) is 0.996. The number of aliphatic carboxylic acids is 1. The Morgan fingerprint density at radius 1 is 1.36 bits per heavy atom. The Labute approximate surface area is 151 Å². The Bertz CT molecular complexity index is 661. The van der Waals surface area contributed by atoms with Gasteiger partial charge in [0.2, 0.25) is 0 Å². The number of aromatic nitrogens is 2. The van der Waals surface area contributed by atoms with E-state index < -0.39 is 23.7 Å². The molecule has 2 aliphatic heterocycles. The average molecular weight is 367 g/mol. The first-order valence-corrected chi connectivity index (χ1v) is 9.71. The van der Waals surface area contributed by atoms with E-state index in [0.717, 1.165) is 29.4 Å². The predicted octanol–water partition coefficient (Wildman–Crippen LogP) is 3.11. The topological polar surface area (TPSA) is 95.5 Å². The molecule has 7 nitrogen and oxygen atoms in total. The number of aromatic amines is 1. The smallest absolute Gasteiger partial charge is 0.411 e. The summed E-state index contributed by atoms with van der Waals surface area (Å²) < 4.78 is 5.38. The van der Waals surface area contributed by atoms with Gasteiger partial charge in [0.25, 0.3) is 0 Å². The summed E-state index contributed by atoms with van der Waals surface area (Å²) in [6.07, 6.45) is 3.10. The second kappa shape index (κ2) is 6.90. The zero-order chi connectivity index (χ0) is 18.2. The maximum absolute atomic E-state index is 12.4. The fraction of sp³-hybridized carbons (Fsp3) is 0.706. The van der Waals surface area contributed by atoms with Crippen LogP contribution in [0, 0.1) is 0 Å². The molecule has 0 radical (unpaired) electrons. The van der Waals surface area contributed by atoms with E-state index in [-0.39, 0.29) is 13.0 Å². The van der Waals surface area contributed by atoms with Crippen molar-refractivity contribution in [1.82, 2.24) is 14.9 Å². The van der Waals surface area contributed by atoms with E-state index in [1.807, 2.05) is 11.8 Å². The summed E-state index contributed by atoms with van der Waals surface area (Å²) in [6.45, 7) is 5.49. The molecule has 25 heavy (non-hydrogen) atoms. The Morgan fingerprint density at radius 2 is 2.12 bits per heavy atom. The van der Waals surface area contributed by atoms with Crippen molar-refractivity contribution in [3.63, 3.8) is 0 Å². The van der Waals surface area contributed by atoms with Crippen LogP contribution in [-0.4, -0.2) is 49.4 Å². The maximum atomic E-state index is 12.4. The molecule has 2 atom stereocenters. The predicted molar refractivity (Wildman–Crippen MR) is 94.5 cm³/mol. The number of amides is 1. The lowest BCUT2D eigenvalue weighted by Crippen LogP contribution is -2.50. The molecule has 0 bridgehead atoms.